The average molecular weight is 221 g/mol. The van der Waals surface area contributed by atoms with Gasteiger partial charge >= 0.3 is 0 Å². The zero-order chi connectivity index (χ0) is 12.0. The predicted octanol–water partition coefficient (Wildman–Crippen LogP) is -0.0685. The number of hydrogen-bond donors (Lipinski definition) is 3. The third-order valence-electron chi connectivity index (χ3n) is 2.26. The minimum atomic E-state index is -0.0000931. The van der Waals surface area contributed by atoms with Crippen LogP contribution in [0.1, 0.15) is 5.56 Å². The van der Waals surface area contributed by atoms with Crippen molar-refractivity contribution in [2.75, 3.05) is 36.9 Å². The Kier molecular flexibility index (Phi) is 4.58. The van der Waals surface area contributed by atoms with Crippen LogP contribution < -0.4 is 10.6 Å². The Morgan fingerprint density at radius 3 is 2.31 bits per heavy atom. The Hall–Kier alpha value is -1.77. The van der Waals surface area contributed by atoms with Gasteiger partial charge in [0.1, 0.15) is 6.07 Å². The smallest absolute Gasteiger partial charge is 0.101 e. The molecule has 0 aliphatic heterocycles. The maximum absolute atomic E-state index is 8.89. The highest BCUT2D eigenvalue weighted by Crippen LogP contribution is 2.20. The van der Waals surface area contributed by atoms with E-state index in [1.807, 2.05) is 6.07 Å². The van der Waals surface area contributed by atoms with E-state index in [0.29, 0.717) is 24.3 Å². The fraction of sp³-hybridized carbons (Fsp3) is 0.364. The van der Waals surface area contributed by atoms with Crippen molar-refractivity contribution in [2.24, 2.45) is 0 Å². The molecule has 1 aromatic rings. The lowest BCUT2D eigenvalue weighted by Crippen LogP contribution is -2.29. The topological polar surface area (TPSA) is 93.5 Å². The van der Waals surface area contributed by atoms with E-state index in [-0.39, 0.29) is 13.2 Å². The van der Waals surface area contributed by atoms with E-state index in [0.717, 1.165) is 5.69 Å². The molecule has 0 aliphatic carbocycles. The first kappa shape index (κ1) is 12.3. The monoisotopic (exact) mass is 221 g/mol. The molecule has 0 saturated carbocycles. The third-order valence-corrected chi connectivity index (χ3v) is 2.26. The number of hydrogen-bond acceptors (Lipinski definition) is 5. The molecule has 5 heteroatoms. The second-order valence-electron chi connectivity index (χ2n) is 3.32. The molecular formula is C11H15N3O2. The van der Waals surface area contributed by atoms with Gasteiger partial charge in [0.2, 0.25) is 0 Å². The maximum atomic E-state index is 8.89. The highest BCUT2D eigenvalue weighted by molar-refractivity contribution is 5.63. The predicted molar refractivity (Wildman–Crippen MR) is 62.0 cm³/mol. The van der Waals surface area contributed by atoms with Gasteiger partial charge in [-0.05, 0) is 18.2 Å². The molecule has 0 fully saturated rings. The van der Waals surface area contributed by atoms with Gasteiger partial charge in [-0.3, -0.25) is 0 Å². The van der Waals surface area contributed by atoms with Gasteiger partial charge in [0.05, 0.1) is 24.5 Å². The van der Waals surface area contributed by atoms with Crippen molar-refractivity contribution < 1.29 is 10.2 Å². The second kappa shape index (κ2) is 5.95. The zero-order valence-electron chi connectivity index (χ0n) is 8.93. The number of aliphatic hydroxyl groups is 2. The van der Waals surface area contributed by atoms with Gasteiger partial charge in [0.15, 0.2) is 0 Å². The summed E-state index contributed by atoms with van der Waals surface area (Å²) in [7, 11) is 0. The van der Waals surface area contributed by atoms with Crippen LogP contribution in [0.4, 0.5) is 11.4 Å². The highest BCUT2D eigenvalue weighted by Gasteiger charge is 2.07. The largest absolute Gasteiger partial charge is 0.398 e. The molecular weight excluding hydrogens is 206 g/mol. The second-order valence-corrected chi connectivity index (χ2v) is 3.32. The molecule has 16 heavy (non-hydrogen) atoms. The van der Waals surface area contributed by atoms with Gasteiger partial charge in [0.25, 0.3) is 0 Å². The van der Waals surface area contributed by atoms with Crippen LogP contribution in [0.2, 0.25) is 0 Å². The molecule has 0 spiro atoms. The van der Waals surface area contributed by atoms with Crippen molar-refractivity contribution in [1.29, 1.82) is 5.26 Å². The molecule has 5 nitrogen and oxygen atoms in total. The summed E-state index contributed by atoms with van der Waals surface area (Å²) in [6, 6.07) is 7.04. The number of nitrogens with two attached hydrogens (primary N) is 1. The molecule has 0 aliphatic rings. The van der Waals surface area contributed by atoms with Crippen LogP contribution in [-0.4, -0.2) is 36.5 Å². The number of nitrogens with zero attached hydrogens (tertiary/aromatic N) is 2. The summed E-state index contributed by atoms with van der Waals surface area (Å²) < 4.78 is 0. The molecule has 0 atom stereocenters. The molecule has 0 amide bonds. The Morgan fingerprint density at radius 2 is 1.88 bits per heavy atom. The summed E-state index contributed by atoms with van der Waals surface area (Å²) in [6.07, 6.45) is 0. The molecule has 0 bridgehead atoms. The van der Waals surface area contributed by atoms with Gasteiger partial charge < -0.3 is 20.8 Å². The van der Waals surface area contributed by atoms with Crippen molar-refractivity contribution in [1.82, 2.24) is 0 Å². The Balaban J connectivity index is 2.93. The van der Waals surface area contributed by atoms with Crippen LogP contribution >= 0.6 is 0 Å². The van der Waals surface area contributed by atoms with Crippen molar-refractivity contribution >= 4 is 11.4 Å². The molecule has 0 aromatic heterocycles. The Bertz CT molecular complexity index is 381. The van der Waals surface area contributed by atoms with Gasteiger partial charge in [-0.25, -0.2) is 0 Å². The minimum Gasteiger partial charge on any atom is -0.398 e. The van der Waals surface area contributed by atoms with Crippen LogP contribution in [0.3, 0.4) is 0 Å². The van der Waals surface area contributed by atoms with Crippen molar-refractivity contribution in [3.8, 4) is 6.07 Å². The lowest BCUT2D eigenvalue weighted by molar-refractivity contribution is 0.281. The fourth-order valence-electron chi connectivity index (χ4n) is 1.46. The standard InChI is InChI=1S/C11H15N3O2/c12-8-9-1-2-10(7-11(9)13)14(3-5-15)4-6-16/h1-2,7,15-16H,3-6,13H2. The first-order valence-electron chi connectivity index (χ1n) is 4.99. The van der Waals surface area contributed by atoms with Crippen LogP contribution in [0, 0.1) is 11.3 Å². The van der Waals surface area contributed by atoms with Crippen molar-refractivity contribution in [3.05, 3.63) is 23.8 Å². The number of aliphatic hydroxyl groups excluding tert-OH is 2. The summed E-state index contributed by atoms with van der Waals surface area (Å²) >= 11 is 0. The summed E-state index contributed by atoms with van der Waals surface area (Å²) in [5, 5.41) is 26.5. The number of nitriles is 1. The number of benzene rings is 1. The van der Waals surface area contributed by atoms with E-state index in [9.17, 15) is 0 Å². The van der Waals surface area contributed by atoms with E-state index in [1.165, 1.54) is 0 Å². The summed E-state index contributed by atoms with van der Waals surface area (Å²) in [5.41, 5.74) is 7.31. The maximum Gasteiger partial charge on any atom is 0.101 e. The van der Waals surface area contributed by atoms with Crippen molar-refractivity contribution in [2.45, 2.75) is 0 Å². The Labute approximate surface area is 94.3 Å². The molecule has 1 rings (SSSR count). The summed E-state index contributed by atoms with van der Waals surface area (Å²) in [4.78, 5) is 1.80. The van der Waals surface area contributed by atoms with Gasteiger partial charge in [-0.2, -0.15) is 5.26 Å². The van der Waals surface area contributed by atoms with Crippen LogP contribution in [0.25, 0.3) is 0 Å². The molecule has 0 radical (unpaired) electrons. The summed E-state index contributed by atoms with van der Waals surface area (Å²) in [5.74, 6) is 0. The molecule has 0 saturated heterocycles. The SMILES string of the molecule is N#Cc1ccc(N(CCO)CCO)cc1N. The molecule has 86 valence electrons. The minimum absolute atomic E-state index is 0.0000931. The molecule has 1 aromatic carbocycles. The van der Waals surface area contributed by atoms with Crippen LogP contribution in [0.5, 0.6) is 0 Å². The fourth-order valence-corrected chi connectivity index (χ4v) is 1.46. The molecule has 0 unspecified atom stereocenters. The van der Waals surface area contributed by atoms with Crippen molar-refractivity contribution in [3.63, 3.8) is 0 Å². The molecule has 0 heterocycles. The van der Waals surface area contributed by atoms with Gasteiger partial charge in [-0.1, -0.05) is 0 Å². The normalized spacial score (nSPS) is 9.81. The zero-order valence-corrected chi connectivity index (χ0v) is 8.93. The Morgan fingerprint density at radius 1 is 1.25 bits per heavy atom. The first-order valence-corrected chi connectivity index (χ1v) is 4.99. The first-order chi connectivity index (χ1) is 7.72. The number of nitrogen functional groups attached to an aromatic ring is 1. The number of rotatable bonds is 5. The quantitative estimate of drug-likeness (QED) is 0.605. The van der Waals surface area contributed by atoms with E-state index in [1.54, 1.807) is 23.1 Å². The van der Waals surface area contributed by atoms with E-state index < -0.39 is 0 Å². The molecule has 4 N–H and O–H groups in total. The third kappa shape index (κ3) is 2.86. The van der Waals surface area contributed by atoms with E-state index >= 15 is 0 Å². The average Bonchev–Trinajstić information content (AvgIpc) is 2.28. The van der Waals surface area contributed by atoms with Gasteiger partial charge in [-0.15, -0.1) is 0 Å². The van der Waals surface area contributed by atoms with Gasteiger partial charge in [0, 0.05) is 18.8 Å². The highest BCUT2D eigenvalue weighted by atomic mass is 16.3. The van der Waals surface area contributed by atoms with E-state index in [2.05, 4.69) is 0 Å². The van der Waals surface area contributed by atoms with Crippen LogP contribution in [-0.2, 0) is 0 Å². The lowest BCUT2D eigenvalue weighted by Gasteiger charge is -2.23. The lowest BCUT2D eigenvalue weighted by atomic mass is 10.1. The summed E-state index contributed by atoms with van der Waals surface area (Å²) in [6.45, 7) is 0.845. The number of anilines is 2. The van der Waals surface area contributed by atoms with Crippen LogP contribution in [0.15, 0.2) is 18.2 Å². The van der Waals surface area contributed by atoms with E-state index in [4.69, 9.17) is 21.2 Å².